The van der Waals surface area contributed by atoms with Crippen molar-refractivity contribution in [3.8, 4) is 17.4 Å². The molecule has 1 aliphatic rings. The fourth-order valence-corrected chi connectivity index (χ4v) is 2.72. The highest BCUT2D eigenvalue weighted by atomic mass is 19.1. The average molecular weight is 315 g/mol. The number of aromatic nitrogens is 4. The van der Waals surface area contributed by atoms with Crippen LogP contribution in [-0.2, 0) is 0 Å². The zero-order chi connectivity index (χ0) is 15.8. The Hall–Kier alpha value is -2.74. The molecule has 8 heteroatoms. The Labute approximate surface area is 129 Å². The molecule has 1 fully saturated rings. The maximum absolute atomic E-state index is 14.2. The predicted octanol–water partition coefficient (Wildman–Crippen LogP) is 1.19. The van der Waals surface area contributed by atoms with E-state index in [0.29, 0.717) is 23.0 Å². The maximum atomic E-state index is 14.2. The van der Waals surface area contributed by atoms with E-state index in [-0.39, 0.29) is 17.8 Å². The van der Waals surface area contributed by atoms with Crippen molar-refractivity contribution < 1.29 is 9.13 Å². The lowest BCUT2D eigenvalue weighted by Gasteiger charge is -2.14. The zero-order valence-corrected chi connectivity index (χ0v) is 12.1. The van der Waals surface area contributed by atoms with E-state index in [1.165, 1.54) is 6.07 Å². The van der Waals surface area contributed by atoms with Crippen LogP contribution in [0.3, 0.4) is 0 Å². The topological polar surface area (TPSA) is 95.7 Å². The molecule has 3 heterocycles. The highest BCUT2D eigenvalue weighted by Gasteiger charge is 2.20. The molecule has 23 heavy (non-hydrogen) atoms. The lowest BCUT2D eigenvalue weighted by Crippen LogP contribution is -2.20. The van der Waals surface area contributed by atoms with Crippen molar-refractivity contribution in [2.45, 2.75) is 12.5 Å². The van der Waals surface area contributed by atoms with Gasteiger partial charge in [0.05, 0.1) is 5.39 Å². The Morgan fingerprint density at radius 3 is 3.00 bits per heavy atom. The van der Waals surface area contributed by atoms with E-state index in [9.17, 15) is 9.18 Å². The van der Waals surface area contributed by atoms with Crippen molar-refractivity contribution in [2.24, 2.45) is 0 Å². The van der Waals surface area contributed by atoms with E-state index in [0.717, 1.165) is 13.0 Å². The summed E-state index contributed by atoms with van der Waals surface area (Å²) in [6, 6.07) is 6.44. The molecule has 3 aromatic rings. The summed E-state index contributed by atoms with van der Waals surface area (Å²) < 4.78 is 20.1. The molecular formula is C15H14FN5O2. The molecule has 7 nitrogen and oxygen atoms in total. The van der Waals surface area contributed by atoms with Crippen molar-refractivity contribution in [2.75, 3.05) is 13.1 Å². The first-order valence-electron chi connectivity index (χ1n) is 7.32. The van der Waals surface area contributed by atoms with Crippen LogP contribution >= 0.6 is 0 Å². The Morgan fingerprint density at radius 2 is 2.26 bits per heavy atom. The van der Waals surface area contributed by atoms with Crippen molar-refractivity contribution in [3.63, 3.8) is 0 Å². The van der Waals surface area contributed by atoms with Gasteiger partial charge < -0.3 is 10.1 Å². The molecule has 2 aromatic heterocycles. The van der Waals surface area contributed by atoms with Gasteiger partial charge in [0.2, 0.25) is 5.88 Å². The van der Waals surface area contributed by atoms with Crippen LogP contribution in [0, 0.1) is 5.82 Å². The summed E-state index contributed by atoms with van der Waals surface area (Å²) >= 11 is 0. The number of pyridine rings is 1. The molecule has 0 radical (unpaired) electrons. The van der Waals surface area contributed by atoms with E-state index in [1.54, 1.807) is 18.2 Å². The second-order valence-electron chi connectivity index (χ2n) is 5.41. The van der Waals surface area contributed by atoms with Crippen LogP contribution < -0.4 is 15.7 Å². The summed E-state index contributed by atoms with van der Waals surface area (Å²) in [5, 5.41) is 10.3. The van der Waals surface area contributed by atoms with Gasteiger partial charge in [0, 0.05) is 6.54 Å². The van der Waals surface area contributed by atoms with E-state index < -0.39 is 11.5 Å². The Kier molecular flexibility index (Phi) is 3.30. The molecule has 0 bridgehead atoms. The van der Waals surface area contributed by atoms with Gasteiger partial charge >= 0.3 is 5.69 Å². The van der Waals surface area contributed by atoms with Gasteiger partial charge in [-0.05, 0) is 30.5 Å². The quantitative estimate of drug-likeness (QED) is 0.675. The molecule has 4 rings (SSSR count). The van der Waals surface area contributed by atoms with Crippen molar-refractivity contribution in [1.82, 2.24) is 25.5 Å². The number of benzene rings is 1. The number of nitrogens with zero attached hydrogens (tertiary/aromatic N) is 2. The van der Waals surface area contributed by atoms with Crippen LogP contribution in [0.2, 0.25) is 0 Å². The van der Waals surface area contributed by atoms with Gasteiger partial charge in [0.15, 0.2) is 5.82 Å². The van der Waals surface area contributed by atoms with Crippen molar-refractivity contribution in [1.29, 1.82) is 0 Å². The first-order valence-corrected chi connectivity index (χ1v) is 7.32. The summed E-state index contributed by atoms with van der Waals surface area (Å²) in [7, 11) is 0. The normalized spacial score (nSPS) is 17.7. The van der Waals surface area contributed by atoms with Crippen LogP contribution in [0.5, 0.6) is 5.88 Å². The number of hydrogen-bond acceptors (Lipinski definition) is 5. The lowest BCUT2D eigenvalue weighted by atomic mass is 10.1. The van der Waals surface area contributed by atoms with Gasteiger partial charge in [-0.25, -0.2) is 19.3 Å². The third-order valence-electron chi connectivity index (χ3n) is 3.81. The molecule has 3 N–H and O–H groups in total. The molecule has 1 aliphatic heterocycles. The first kappa shape index (κ1) is 13.9. The monoisotopic (exact) mass is 315 g/mol. The van der Waals surface area contributed by atoms with Gasteiger partial charge in [-0.3, -0.25) is 4.98 Å². The highest BCUT2D eigenvalue weighted by molar-refractivity contribution is 5.90. The number of nitrogens with one attached hydrogen (secondary N) is 3. The minimum atomic E-state index is -0.427. The van der Waals surface area contributed by atoms with Gasteiger partial charge in [-0.2, -0.15) is 5.10 Å². The minimum Gasteiger partial charge on any atom is -0.472 e. The first-order chi connectivity index (χ1) is 11.2. The number of rotatable bonds is 3. The standard InChI is InChI=1S/C15H14FN5O2/c16-10-3-1-2-8-6-11(13-19-15(22)21-20-13)18-14(12(8)10)23-9-4-5-17-7-9/h1-3,6,9,17H,4-5,7H2,(H2,19,20,21,22). The van der Waals surface area contributed by atoms with Gasteiger partial charge in [0.1, 0.15) is 17.6 Å². The van der Waals surface area contributed by atoms with E-state index in [2.05, 4.69) is 25.5 Å². The highest BCUT2D eigenvalue weighted by Crippen LogP contribution is 2.31. The van der Waals surface area contributed by atoms with Crippen LogP contribution in [0.1, 0.15) is 6.42 Å². The van der Waals surface area contributed by atoms with Gasteiger partial charge in [-0.1, -0.05) is 12.1 Å². The predicted molar refractivity (Wildman–Crippen MR) is 81.8 cm³/mol. The van der Waals surface area contributed by atoms with Gasteiger partial charge in [-0.15, -0.1) is 0 Å². The number of H-pyrrole nitrogens is 2. The molecule has 0 aliphatic carbocycles. The summed E-state index contributed by atoms with van der Waals surface area (Å²) in [5.74, 6) is 0.113. The SMILES string of the molecule is O=c1[nH]nc(-c2cc3cccc(F)c3c(OC3CCNC3)n2)[nH]1. The lowest BCUT2D eigenvalue weighted by molar-refractivity contribution is 0.217. The molecule has 0 amide bonds. The zero-order valence-electron chi connectivity index (χ0n) is 12.1. The van der Waals surface area contributed by atoms with Crippen LogP contribution in [0.4, 0.5) is 4.39 Å². The maximum Gasteiger partial charge on any atom is 0.340 e. The summed E-state index contributed by atoms with van der Waals surface area (Å²) in [4.78, 5) is 18.2. The largest absolute Gasteiger partial charge is 0.472 e. The Balaban J connectivity index is 1.87. The van der Waals surface area contributed by atoms with Crippen molar-refractivity contribution in [3.05, 3.63) is 40.6 Å². The van der Waals surface area contributed by atoms with Gasteiger partial charge in [0.25, 0.3) is 0 Å². The van der Waals surface area contributed by atoms with E-state index in [1.807, 2.05) is 0 Å². The molecule has 1 unspecified atom stereocenters. The summed E-state index contributed by atoms with van der Waals surface area (Å²) in [6.45, 7) is 1.55. The third kappa shape index (κ3) is 2.57. The fourth-order valence-electron chi connectivity index (χ4n) is 2.72. The summed E-state index contributed by atoms with van der Waals surface area (Å²) in [6.07, 6.45) is 0.778. The Bertz CT molecular complexity index is 914. The molecule has 0 saturated carbocycles. The van der Waals surface area contributed by atoms with Crippen LogP contribution in [0.15, 0.2) is 29.1 Å². The second-order valence-corrected chi connectivity index (χ2v) is 5.41. The molecular weight excluding hydrogens is 301 g/mol. The molecule has 1 saturated heterocycles. The van der Waals surface area contributed by atoms with E-state index in [4.69, 9.17) is 4.74 Å². The minimum absolute atomic E-state index is 0.0567. The van der Waals surface area contributed by atoms with E-state index >= 15 is 0 Å². The Morgan fingerprint density at radius 1 is 1.35 bits per heavy atom. The van der Waals surface area contributed by atoms with Crippen LogP contribution in [0.25, 0.3) is 22.3 Å². The molecule has 1 aromatic carbocycles. The fraction of sp³-hybridized carbons (Fsp3) is 0.267. The number of aromatic amines is 2. The number of fused-ring (bicyclic) bond motifs is 1. The number of halogens is 1. The van der Waals surface area contributed by atoms with Crippen molar-refractivity contribution >= 4 is 10.8 Å². The second kappa shape index (κ2) is 5.47. The molecule has 1 atom stereocenters. The third-order valence-corrected chi connectivity index (χ3v) is 3.81. The number of ether oxygens (including phenoxy) is 1. The smallest absolute Gasteiger partial charge is 0.340 e. The van der Waals surface area contributed by atoms with Crippen LogP contribution in [-0.4, -0.2) is 39.4 Å². The average Bonchev–Trinajstić information content (AvgIpc) is 3.19. The number of hydrogen-bond donors (Lipinski definition) is 3. The molecule has 0 spiro atoms. The summed E-state index contributed by atoms with van der Waals surface area (Å²) in [5.41, 5.74) is -0.00833. The molecule has 118 valence electrons.